The van der Waals surface area contributed by atoms with Crippen molar-refractivity contribution in [2.75, 3.05) is 42.9 Å². The minimum Gasteiger partial charge on any atom is -0.465 e. The van der Waals surface area contributed by atoms with E-state index in [1.807, 2.05) is 37.3 Å². The Morgan fingerprint density at radius 3 is 2.23 bits per heavy atom. The summed E-state index contributed by atoms with van der Waals surface area (Å²) >= 11 is 0. The van der Waals surface area contributed by atoms with E-state index in [-0.39, 0.29) is 16.8 Å². The summed E-state index contributed by atoms with van der Waals surface area (Å²) in [6.07, 6.45) is 0. The highest BCUT2D eigenvalue weighted by atomic mass is 32.2. The Kier molecular flexibility index (Phi) is 6.67. The van der Waals surface area contributed by atoms with Gasteiger partial charge < -0.3 is 14.5 Å². The van der Waals surface area contributed by atoms with Gasteiger partial charge in [0, 0.05) is 19.6 Å². The molecule has 2 N–H and O–H groups in total. The third-order valence-electron chi connectivity index (χ3n) is 5.89. The number of sulfonamides is 1. The molecule has 2 aromatic heterocycles. The Balaban J connectivity index is 1.47. The van der Waals surface area contributed by atoms with E-state index in [2.05, 4.69) is 19.9 Å². The Bertz CT molecular complexity index is 1400. The zero-order valence-electron chi connectivity index (χ0n) is 19.3. The molecule has 1 atom stereocenters. The fourth-order valence-electron chi connectivity index (χ4n) is 4.10. The van der Waals surface area contributed by atoms with Crippen LogP contribution in [-0.4, -0.2) is 56.1 Å². The van der Waals surface area contributed by atoms with Gasteiger partial charge in [-0.3, -0.25) is 9.62 Å². The van der Waals surface area contributed by atoms with Crippen LogP contribution < -0.4 is 10.0 Å². The minimum atomic E-state index is -3.85. The van der Waals surface area contributed by atoms with E-state index in [9.17, 15) is 8.42 Å². The second kappa shape index (κ2) is 10.0. The standard InChI is InChI=1S/C25H27N5O4S/c1-18-11-12-23(34-18)22(30-13-15-33-16-14-30)17-26-24-25(28-21-10-6-5-9-20(21)27-24)29-35(31,32)19-7-3-2-4-8-19/h2-12,22H,13-17H2,1H3,(H,26,27)(H,28,29). The largest absolute Gasteiger partial charge is 0.465 e. The number of aromatic nitrogens is 2. The Hall–Kier alpha value is -3.47. The first-order valence-electron chi connectivity index (χ1n) is 11.5. The molecule has 35 heavy (non-hydrogen) atoms. The first kappa shape index (κ1) is 23.3. The molecule has 2 aromatic carbocycles. The third-order valence-corrected chi connectivity index (χ3v) is 7.25. The summed E-state index contributed by atoms with van der Waals surface area (Å²) in [5.74, 6) is 2.16. The minimum absolute atomic E-state index is 0.0838. The number of anilines is 2. The Labute approximate surface area is 204 Å². The quantitative estimate of drug-likeness (QED) is 0.381. The fraction of sp³-hybridized carbons (Fsp3) is 0.280. The number of nitrogens with zero attached hydrogens (tertiary/aromatic N) is 3. The van der Waals surface area contributed by atoms with Gasteiger partial charge in [0.1, 0.15) is 11.5 Å². The van der Waals surface area contributed by atoms with Crippen molar-refractivity contribution in [1.29, 1.82) is 0 Å². The SMILES string of the molecule is Cc1ccc(C(CNc2nc3ccccc3nc2NS(=O)(=O)c2ccccc2)N2CCOCC2)o1. The first-order valence-corrected chi connectivity index (χ1v) is 12.9. The number of furan rings is 1. The van der Waals surface area contributed by atoms with E-state index in [0.717, 1.165) is 24.6 Å². The second-order valence-corrected chi connectivity index (χ2v) is 10.0. The van der Waals surface area contributed by atoms with Crippen LogP contribution in [0, 0.1) is 6.92 Å². The molecule has 0 aliphatic carbocycles. The molecule has 1 aliphatic heterocycles. The van der Waals surface area contributed by atoms with Gasteiger partial charge >= 0.3 is 0 Å². The molecule has 1 saturated heterocycles. The van der Waals surface area contributed by atoms with Crippen molar-refractivity contribution in [1.82, 2.24) is 14.9 Å². The Morgan fingerprint density at radius 2 is 1.57 bits per heavy atom. The molecule has 0 bridgehead atoms. The molecule has 4 aromatic rings. The molecule has 1 fully saturated rings. The Morgan fingerprint density at radius 1 is 0.914 bits per heavy atom. The lowest BCUT2D eigenvalue weighted by molar-refractivity contribution is 0.0143. The van der Waals surface area contributed by atoms with Gasteiger partial charge in [0.2, 0.25) is 0 Å². The zero-order valence-corrected chi connectivity index (χ0v) is 20.2. The van der Waals surface area contributed by atoms with Crippen LogP contribution in [0.2, 0.25) is 0 Å². The van der Waals surface area contributed by atoms with Gasteiger partial charge in [-0.25, -0.2) is 18.4 Å². The van der Waals surface area contributed by atoms with Gasteiger partial charge in [-0.15, -0.1) is 0 Å². The van der Waals surface area contributed by atoms with Gasteiger partial charge in [-0.1, -0.05) is 30.3 Å². The molecule has 1 aliphatic rings. The molecule has 0 spiro atoms. The fourth-order valence-corrected chi connectivity index (χ4v) is 5.14. The summed E-state index contributed by atoms with van der Waals surface area (Å²) in [6, 6.07) is 19.4. The molecule has 182 valence electrons. The summed E-state index contributed by atoms with van der Waals surface area (Å²) < 4.78 is 40.2. The van der Waals surface area contributed by atoms with Crippen molar-refractivity contribution in [2.24, 2.45) is 0 Å². The van der Waals surface area contributed by atoms with E-state index in [1.165, 1.54) is 12.1 Å². The molecule has 10 heteroatoms. The number of aryl methyl sites for hydroxylation is 1. The molecule has 0 amide bonds. The van der Waals surface area contributed by atoms with Crippen LogP contribution in [-0.2, 0) is 14.8 Å². The number of ether oxygens (including phenoxy) is 1. The summed E-state index contributed by atoms with van der Waals surface area (Å²) in [5.41, 5.74) is 1.25. The molecule has 0 saturated carbocycles. The average molecular weight is 494 g/mol. The van der Waals surface area contributed by atoms with Crippen molar-refractivity contribution < 1.29 is 17.6 Å². The predicted octanol–water partition coefficient (Wildman–Crippen LogP) is 3.82. The van der Waals surface area contributed by atoms with Gasteiger partial charge in [-0.05, 0) is 43.3 Å². The van der Waals surface area contributed by atoms with E-state index < -0.39 is 10.0 Å². The van der Waals surface area contributed by atoms with Crippen LogP contribution in [0.3, 0.4) is 0 Å². The number of rotatable bonds is 8. The van der Waals surface area contributed by atoms with Crippen LogP contribution in [0.5, 0.6) is 0 Å². The maximum Gasteiger partial charge on any atom is 0.263 e. The maximum absolute atomic E-state index is 13.1. The smallest absolute Gasteiger partial charge is 0.263 e. The lowest BCUT2D eigenvalue weighted by Crippen LogP contribution is -2.41. The number of nitrogens with one attached hydrogen (secondary N) is 2. The number of morpholine rings is 1. The molecule has 1 unspecified atom stereocenters. The van der Waals surface area contributed by atoms with Crippen molar-refractivity contribution >= 4 is 32.7 Å². The summed E-state index contributed by atoms with van der Waals surface area (Å²) in [4.78, 5) is 11.7. The van der Waals surface area contributed by atoms with Gasteiger partial charge in [-0.2, -0.15) is 0 Å². The average Bonchev–Trinajstić information content (AvgIpc) is 3.31. The van der Waals surface area contributed by atoms with Crippen molar-refractivity contribution in [3.8, 4) is 0 Å². The summed E-state index contributed by atoms with van der Waals surface area (Å²) in [7, 11) is -3.85. The normalized spacial score (nSPS) is 15.7. The highest BCUT2D eigenvalue weighted by molar-refractivity contribution is 7.92. The molecule has 0 radical (unpaired) electrons. The number of fused-ring (bicyclic) bond motifs is 1. The lowest BCUT2D eigenvalue weighted by atomic mass is 10.1. The molecule has 3 heterocycles. The highest BCUT2D eigenvalue weighted by Crippen LogP contribution is 2.28. The highest BCUT2D eigenvalue weighted by Gasteiger charge is 2.26. The number of benzene rings is 2. The zero-order chi connectivity index (χ0) is 24.3. The lowest BCUT2D eigenvalue weighted by Gasteiger charge is -2.33. The summed E-state index contributed by atoms with van der Waals surface area (Å²) in [5, 5.41) is 3.34. The van der Waals surface area contributed by atoms with Crippen molar-refractivity contribution in [2.45, 2.75) is 17.9 Å². The van der Waals surface area contributed by atoms with Crippen molar-refractivity contribution in [3.05, 3.63) is 78.3 Å². The van der Waals surface area contributed by atoms with Crippen LogP contribution in [0.25, 0.3) is 11.0 Å². The molecular formula is C25H27N5O4S. The van der Waals surface area contributed by atoms with Gasteiger partial charge in [0.25, 0.3) is 10.0 Å². The third kappa shape index (κ3) is 5.29. The monoisotopic (exact) mass is 493 g/mol. The van der Waals surface area contributed by atoms with E-state index in [4.69, 9.17) is 14.1 Å². The predicted molar refractivity (Wildman–Crippen MR) is 134 cm³/mol. The van der Waals surface area contributed by atoms with Crippen LogP contribution >= 0.6 is 0 Å². The van der Waals surface area contributed by atoms with Crippen LogP contribution in [0.1, 0.15) is 17.6 Å². The summed E-state index contributed by atoms with van der Waals surface area (Å²) in [6.45, 7) is 5.19. The first-order chi connectivity index (χ1) is 17.0. The molecule has 5 rings (SSSR count). The number of hydrogen-bond acceptors (Lipinski definition) is 8. The van der Waals surface area contributed by atoms with E-state index in [0.29, 0.717) is 36.6 Å². The molecular weight excluding hydrogens is 466 g/mol. The maximum atomic E-state index is 13.1. The second-order valence-electron chi connectivity index (χ2n) is 8.32. The number of hydrogen-bond donors (Lipinski definition) is 2. The topological polar surface area (TPSA) is 110 Å². The van der Waals surface area contributed by atoms with Gasteiger partial charge in [0.15, 0.2) is 11.6 Å². The van der Waals surface area contributed by atoms with E-state index >= 15 is 0 Å². The van der Waals surface area contributed by atoms with Crippen molar-refractivity contribution in [3.63, 3.8) is 0 Å². The number of para-hydroxylation sites is 2. The van der Waals surface area contributed by atoms with E-state index in [1.54, 1.807) is 24.3 Å². The van der Waals surface area contributed by atoms with Crippen LogP contribution in [0.15, 0.2) is 76.0 Å². The van der Waals surface area contributed by atoms with Crippen LogP contribution in [0.4, 0.5) is 11.6 Å². The van der Waals surface area contributed by atoms with Gasteiger partial charge in [0.05, 0.1) is 35.2 Å². The molecule has 9 nitrogen and oxygen atoms in total.